The SMILES string of the molecule is CCOC(=O)c1ccc(N2C(=O)c3oc4ccc(C)cc4c(=O)c3C2c2ccc(SC)cc2)cc1. The maximum absolute atomic E-state index is 13.7. The second-order valence-corrected chi connectivity index (χ2v) is 9.17. The second kappa shape index (κ2) is 9.07. The highest BCUT2D eigenvalue weighted by atomic mass is 32.2. The summed E-state index contributed by atoms with van der Waals surface area (Å²) in [6, 6.07) is 19.1. The highest BCUT2D eigenvalue weighted by molar-refractivity contribution is 7.98. The highest BCUT2D eigenvalue weighted by Crippen LogP contribution is 2.41. The van der Waals surface area contributed by atoms with E-state index in [0.717, 1.165) is 16.0 Å². The van der Waals surface area contributed by atoms with E-state index in [0.29, 0.717) is 27.8 Å². The molecule has 0 bridgehead atoms. The van der Waals surface area contributed by atoms with Gasteiger partial charge >= 0.3 is 5.97 Å². The Hall–Kier alpha value is -3.84. The molecule has 5 rings (SSSR count). The third kappa shape index (κ3) is 3.91. The van der Waals surface area contributed by atoms with Gasteiger partial charge in [0.1, 0.15) is 5.58 Å². The molecule has 1 aliphatic heterocycles. The number of carbonyl (C=O) groups excluding carboxylic acids is 2. The molecule has 0 N–H and O–H groups in total. The Morgan fingerprint density at radius 1 is 1.03 bits per heavy atom. The van der Waals surface area contributed by atoms with Gasteiger partial charge in [-0.2, -0.15) is 0 Å². The number of carbonyl (C=O) groups is 2. The normalized spacial score (nSPS) is 14.9. The smallest absolute Gasteiger partial charge is 0.338 e. The van der Waals surface area contributed by atoms with Crippen molar-refractivity contribution in [2.75, 3.05) is 17.8 Å². The molecule has 3 aromatic carbocycles. The minimum absolute atomic E-state index is 0.0414. The lowest BCUT2D eigenvalue weighted by molar-refractivity contribution is 0.0526. The number of ether oxygens (including phenoxy) is 1. The van der Waals surface area contributed by atoms with Crippen LogP contribution in [0.25, 0.3) is 11.0 Å². The van der Waals surface area contributed by atoms with Crippen LogP contribution in [0.5, 0.6) is 0 Å². The molecule has 2 heterocycles. The van der Waals surface area contributed by atoms with Gasteiger partial charge in [0.05, 0.1) is 29.2 Å². The van der Waals surface area contributed by atoms with E-state index >= 15 is 0 Å². The van der Waals surface area contributed by atoms with Gasteiger partial charge < -0.3 is 9.15 Å². The first-order valence-corrected chi connectivity index (χ1v) is 12.5. The molecule has 1 unspecified atom stereocenters. The summed E-state index contributed by atoms with van der Waals surface area (Å²) in [6.07, 6.45) is 1.99. The van der Waals surface area contributed by atoms with Gasteiger partial charge in [0.25, 0.3) is 5.91 Å². The first-order valence-electron chi connectivity index (χ1n) is 11.2. The number of rotatable bonds is 5. The Balaban J connectivity index is 1.70. The number of benzene rings is 3. The van der Waals surface area contributed by atoms with Gasteiger partial charge in [-0.3, -0.25) is 14.5 Å². The maximum atomic E-state index is 13.7. The van der Waals surface area contributed by atoms with Crippen molar-refractivity contribution in [3.8, 4) is 0 Å². The van der Waals surface area contributed by atoms with Gasteiger partial charge in [-0.05, 0) is 74.2 Å². The van der Waals surface area contributed by atoms with Crippen LogP contribution in [0, 0.1) is 6.92 Å². The molecule has 1 aliphatic rings. The van der Waals surface area contributed by atoms with E-state index in [1.165, 1.54) is 0 Å². The molecule has 0 saturated heterocycles. The van der Waals surface area contributed by atoms with Crippen molar-refractivity contribution >= 4 is 40.3 Å². The van der Waals surface area contributed by atoms with Crippen molar-refractivity contribution in [2.45, 2.75) is 24.8 Å². The van der Waals surface area contributed by atoms with Crippen molar-refractivity contribution in [2.24, 2.45) is 0 Å². The van der Waals surface area contributed by atoms with E-state index in [1.54, 1.807) is 60.0 Å². The summed E-state index contributed by atoms with van der Waals surface area (Å²) in [6.45, 7) is 3.93. The summed E-state index contributed by atoms with van der Waals surface area (Å²) in [5.74, 6) is -0.792. The molecule has 0 fully saturated rings. The van der Waals surface area contributed by atoms with Crippen LogP contribution in [0.3, 0.4) is 0 Å². The Bertz CT molecular complexity index is 1510. The summed E-state index contributed by atoms with van der Waals surface area (Å²) in [5.41, 5.74) is 3.14. The van der Waals surface area contributed by atoms with Crippen LogP contribution in [0.2, 0.25) is 0 Å². The Kier molecular flexibility index (Phi) is 5.94. The van der Waals surface area contributed by atoms with Crippen LogP contribution < -0.4 is 10.3 Å². The molecule has 7 heteroatoms. The first kappa shape index (κ1) is 22.9. The zero-order valence-electron chi connectivity index (χ0n) is 19.5. The molecule has 35 heavy (non-hydrogen) atoms. The van der Waals surface area contributed by atoms with Gasteiger partial charge in [-0.25, -0.2) is 4.79 Å². The Morgan fingerprint density at radius 3 is 2.40 bits per heavy atom. The summed E-state index contributed by atoms with van der Waals surface area (Å²) < 4.78 is 11.1. The predicted octanol–water partition coefficient (Wildman–Crippen LogP) is 5.75. The Labute approximate surface area is 206 Å². The topological polar surface area (TPSA) is 76.8 Å². The number of nitrogens with zero attached hydrogens (tertiary/aromatic N) is 1. The first-order chi connectivity index (χ1) is 16.9. The third-order valence-electron chi connectivity index (χ3n) is 6.11. The third-order valence-corrected chi connectivity index (χ3v) is 6.86. The van der Waals surface area contributed by atoms with Gasteiger partial charge in [0.2, 0.25) is 5.76 Å². The lowest BCUT2D eigenvalue weighted by Crippen LogP contribution is -2.29. The molecule has 1 atom stereocenters. The number of esters is 1. The number of hydrogen-bond acceptors (Lipinski definition) is 6. The van der Waals surface area contributed by atoms with Crippen LogP contribution in [0.4, 0.5) is 5.69 Å². The maximum Gasteiger partial charge on any atom is 0.338 e. The van der Waals surface area contributed by atoms with Crippen LogP contribution in [-0.2, 0) is 4.74 Å². The van der Waals surface area contributed by atoms with Gasteiger partial charge in [0, 0.05) is 10.6 Å². The lowest BCUT2D eigenvalue weighted by atomic mass is 9.98. The molecular formula is C28H23NO5S. The quantitative estimate of drug-likeness (QED) is 0.265. The van der Waals surface area contributed by atoms with E-state index in [-0.39, 0.29) is 17.8 Å². The van der Waals surface area contributed by atoms with E-state index in [2.05, 4.69) is 0 Å². The number of hydrogen-bond donors (Lipinski definition) is 0. The molecule has 0 radical (unpaired) electrons. The molecule has 0 spiro atoms. The van der Waals surface area contributed by atoms with Gasteiger partial charge in [-0.1, -0.05) is 23.8 Å². The highest BCUT2D eigenvalue weighted by Gasteiger charge is 2.43. The monoisotopic (exact) mass is 485 g/mol. The fraction of sp³-hybridized carbons (Fsp3) is 0.179. The van der Waals surface area contributed by atoms with Crippen molar-refractivity contribution in [3.63, 3.8) is 0 Å². The van der Waals surface area contributed by atoms with Crippen molar-refractivity contribution < 1.29 is 18.7 Å². The average Bonchev–Trinajstić information content (AvgIpc) is 3.17. The Morgan fingerprint density at radius 2 is 1.74 bits per heavy atom. The summed E-state index contributed by atoms with van der Waals surface area (Å²) in [5, 5.41) is 0.446. The standard InChI is InChI=1S/C28H23NO5S/c1-4-33-28(32)18-6-10-19(11-7-18)29-24(17-8-12-20(35-3)13-9-17)23-25(30)21-15-16(2)5-14-22(21)34-26(23)27(29)31/h5-15,24H,4H2,1-3H3. The zero-order valence-corrected chi connectivity index (χ0v) is 20.3. The van der Waals surface area contributed by atoms with Crippen LogP contribution in [-0.4, -0.2) is 24.7 Å². The average molecular weight is 486 g/mol. The van der Waals surface area contributed by atoms with E-state index in [4.69, 9.17) is 9.15 Å². The molecule has 176 valence electrons. The second-order valence-electron chi connectivity index (χ2n) is 8.29. The van der Waals surface area contributed by atoms with E-state index in [1.807, 2.05) is 43.5 Å². The minimum Gasteiger partial charge on any atom is -0.462 e. The number of thioether (sulfide) groups is 1. The van der Waals surface area contributed by atoms with E-state index < -0.39 is 17.9 Å². The zero-order chi connectivity index (χ0) is 24.7. The summed E-state index contributed by atoms with van der Waals surface area (Å²) in [4.78, 5) is 42.1. The van der Waals surface area contributed by atoms with Crippen molar-refractivity contribution in [1.82, 2.24) is 0 Å². The molecule has 1 amide bonds. The van der Waals surface area contributed by atoms with Gasteiger partial charge in [0.15, 0.2) is 5.43 Å². The van der Waals surface area contributed by atoms with Crippen LogP contribution >= 0.6 is 11.8 Å². The van der Waals surface area contributed by atoms with Crippen LogP contribution in [0.1, 0.15) is 50.6 Å². The summed E-state index contributed by atoms with van der Waals surface area (Å²) >= 11 is 1.61. The number of anilines is 1. The van der Waals surface area contributed by atoms with Gasteiger partial charge in [-0.15, -0.1) is 11.8 Å². The van der Waals surface area contributed by atoms with E-state index in [9.17, 15) is 14.4 Å². The summed E-state index contributed by atoms with van der Waals surface area (Å²) in [7, 11) is 0. The minimum atomic E-state index is -0.664. The fourth-order valence-electron chi connectivity index (χ4n) is 4.43. The molecule has 6 nitrogen and oxygen atoms in total. The molecule has 4 aromatic rings. The molecule has 1 aromatic heterocycles. The largest absolute Gasteiger partial charge is 0.462 e. The number of aryl methyl sites for hydroxylation is 1. The fourth-order valence-corrected chi connectivity index (χ4v) is 4.84. The van der Waals surface area contributed by atoms with Crippen LogP contribution in [0.15, 0.2) is 80.8 Å². The molecule has 0 aliphatic carbocycles. The molecule has 0 saturated carbocycles. The molecular weight excluding hydrogens is 462 g/mol. The van der Waals surface area contributed by atoms with Crippen molar-refractivity contribution in [1.29, 1.82) is 0 Å². The lowest BCUT2D eigenvalue weighted by Gasteiger charge is -2.25. The number of fused-ring (bicyclic) bond motifs is 2. The predicted molar refractivity (Wildman–Crippen MR) is 136 cm³/mol. The van der Waals surface area contributed by atoms with Crippen molar-refractivity contribution in [3.05, 3.63) is 105 Å². The number of amides is 1.